The summed E-state index contributed by atoms with van der Waals surface area (Å²) < 4.78 is 6.69. The Bertz CT molecular complexity index is 651. The number of carbonyl (C=O) groups excluding carboxylic acids is 1. The minimum Gasteiger partial charge on any atom is -0.496 e. The van der Waals surface area contributed by atoms with Crippen LogP contribution in [0.4, 0.5) is 11.4 Å². The van der Waals surface area contributed by atoms with E-state index in [9.17, 15) is 4.79 Å². The van der Waals surface area contributed by atoms with Gasteiger partial charge in [0.2, 0.25) is 5.91 Å². The predicted molar refractivity (Wildman–Crippen MR) is 91.6 cm³/mol. The minimum absolute atomic E-state index is 0.134. The van der Waals surface area contributed by atoms with E-state index in [2.05, 4.69) is 37.2 Å². The van der Waals surface area contributed by atoms with E-state index in [0.29, 0.717) is 17.1 Å². The lowest BCUT2D eigenvalue weighted by Gasteiger charge is -2.12. The van der Waals surface area contributed by atoms with E-state index in [1.807, 2.05) is 24.3 Å². The molecule has 110 valence electrons. The lowest BCUT2D eigenvalue weighted by atomic mass is 10.1. The van der Waals surface area contributed by atoms with E-state index in [4.69, 9.17) is 10.5 Å². The molecule has 2 aromatic rings. The lowest BCUT2D eigenvalue weighted by molar-refractivity contribution is -0.115. The van der Waals surface area contributed by atoms with Gasteiger partial charge in [0.25, 0.3) is 0 Å². The summed E-state index contributed by atoms with van der Waals surface area (Å²) in [6.07, 6.45) is 0.229. The number of hydrogen-bond acceptors (Lipinski definition) is 3. The Hall–Kier alpha value is -1.53. The second-order valence-electron chi connectivity index (χ2n) is 4.40. The summed E-state index contributed by atoms with van der Waals surface area (Å²) in [7, 11) is 1.59. The standard InChI is InChI=1S/C15H14Br2N2O2/c1-21-13-5-3-2-4-9(13)6-14(20)19-15-11(16)7-10(18)8-12(15)17/h2-5,7-8H,6,18H2,1H3,(H,19,20). The number of rotatable bonds is 4. The zero-order valence-corrected chi connectivity index (χ0v) is 14.5. The number of para-hydroxylation sites is 1. The number of ether oxygens (including phenoxy) is 1. The van der Waals surface area contributed by atoms with Crippen molar-refractivity contribution in [3.05, 3.63) is 50.9 Å². The third-order valence-corrected chi connectivity index (χ3v) is 4.12. The van der Waals surface area contributed by atoms with Crippen molar-refractivity contribution in [2.45, 2.75) is 6.42 Å². The Morgan fingerprint density at radius 2 is 1.86 bits per heavy atom. The second kappa shape index (κ2) is 6.95. The average Bonchev–Trinajstić information content (AvgIpc) is 2.43. The van der Waals surface area contributed by atoms with Gasteiger partial charge in [0.05, 0.1) is 19.2 Å². The predicted octanol–water partition coefficient (Wildman–Crippen LogP) is 3.98. The third kappa shape index (κ3) is 3.98. The maximum absolute atomic E-state index is 12.2. The van der Waals surface area contributed by atoms with E-state index in [1.54, 1.807) is 19.2 Å². The molecule has 0 atom stereocenters. The van der Waals surface area contributed by atoms with Crippen LogP contribution >= 0.6 is 31.9 Å². The highest BCUT2D eigenvalue weighted by atomic mass is 79.9. The van der Waals surface area contributed by atoms with Gasteiger partial charge in [0.1, 0.15) is 5.75 Å². The monoisotopic (exact) mass is 412 g/mol. The summed E-state index contributed by atoms with van der Waals surface area (Å²) in [4.78, 5) is 12.2. The smallest absolute Gasteiger partial charge is 0.228 e. The summed E-state index contributed by atoms with van der Waals surface area (Å²) in [5, 5.41) is 2.86. The topological polar surface area (TPSA) is 64.3 Å². The molecule has 0 radical (unpaired) electrons. The molecule has 0 bridgehead atoms. The van der Waals surface area contributed by atoms with Crippen LogP contribution in [0.25, 0.3) is 0 Å². The number of nitrogens with one attached hydrogen (secondary N) is 1. The first-order valence-corrected chi connectivity index (χ1v) is 7.76. The molecule has 1 amide bonds. The molecule has 2 rings (SSSR count). The third-order valence-electron chi connectivity index (χ3n) is 2.87. The number of anilines is 2. The number of methoxy groups -OCH3 is 1. The Balaban J connectivity index is 2.16. The second-order valence-corrected chi connectivity index (χ2v) is 6.11. The zero-order valence-electron chi connectivity index (χ0n) is 11.3. The molecule has 0 fully saturated rings. The Kier molecular flexibility index (Phi) is 5.25. The van der Waals surface area contributed by atoms with Crippen LogP contribution in [0.15, 0.2) is 45.3 Å². The number of benzene rings is 2. The van der Waals surface area contributed by atoms with Crippen molar-refractivity contribution in [3.63, 3.8) is 0 Å². The fourth-order valence-electron chi connectivity index (χ4n) is 1.92. The van der Waals surface area contributed by atoms with Gasteiger partial charge in [-0.2, -0.15) is 0 Å². The Labute approximate surface area is 139 Å². The molecule has 0 spiro atoms. The molecule has 0 aliphatic heterocycles. The normalized spacial score (nSPS) is 10.2. The molecule has 6 heteroatoms. The van der Waals surface area contributed by atoms with Crippen molar-refractivity contribution in [1.29, 1.82) is 0 Å². The zero-order chi connectivity index (χ0) is 15.4. The van der Waals surface area contributed by atoms with Crippen molar-refractivity contribution in [3.8, 4) is 5.75 Å². The van der Waals surface area contributed by atoms with Gasteiger partial charge >= 0.3 is 0 Å². The van der Waals surface area contributed by atoms with Crippen LogP contribution in [0.3, 0.4) is 0 Å². The first-order valence-electron chi connectivity index (χ1n) is 6.17. The average molecular weight is 414 g/mol. The quantitative estimate of drug-likeness (QED) is 0.745. The largest absolute Gasteiger partial charge is 0.496 e. The van der Waals surface area contributed by atoms with Crippen molar-refractivity contribution >= 4 is 49.1 Å². The first-order chi connectivity index (χ1) is 10.0. The molecule has 2 aromatic carbocycles. The van der Waals surface area contributed by atoms with Crippen molar-refractivity contribution in [2.75, 3.05) is 18.2 Å². The molecule has 4 nitrogen and oxygen atoms in total. The highest BCUT2D eigenvalue weighted by Gasteiger charge is 2.12. The summed E-state index contributed by atoms with van der Waals surface area (Å²) in [5.41, 5.74) is 7.83. The summed E-state index contributed by atoms with van der Waals surface area (Å²) in [5.74, 6) is 0.564. The minimum atomic E-state index is -0.134. The van der Waals surface area contributed by atoms with Gasteiger partial charge in [-0.15, -0.1) is 0 Å². The van der Waals surface area contributed by atoms with Gasteiger partial charge in [-0.1, -0.05) is 18.2 Å². The van der Waals surface area contributed by atoms with Gasteiger partial charge in [-0.25, -0.2) is 0 Å². The van der Waals surface area contributed by atoms with Gasteiger partial charge in [-0.3, -0.25) is 4.79 Å². The fourth-order valence-corrected chi connectivity index (χ4v) is 3.34. The van der Waals surface area contributed by atoms with Crippen LogP contribution in [0.5, 0.6) is 5.75 Å². The molecule has 0 saturated carbocycles. The molecule has 0 saturated heterocycles. The first kappa shape index (κ1) is 15.9. The van der Waals surface area contributed by atoms with Crippen molar-refractivity contribution in [2.24, 2.45) is 0 Å². The molecule has 0 aromatic heterocycles. The van der Waals surface area contributed by atoms with Gasteiger partial charge in [0, 0.05) is 20.2 Å². The Morgan fingerprint density at radius 1 is 1.24 bits per heavy atom. The molecule has 21 heavy (non-hydrogen) atoms. The van der Waals surface area contributed by atoms with Crippen molar-refractivity contribution in [1.82, 2.24) is 0 Å². The van der Waals surface area contributed by atoms with E-state index < -0.39 is 0 Å². The lowest BCUT2D eigenvalue weighted by Crippen LogP contribution is -2.15. The van der Waals surface area contributed by atoms with Crippen LogP contribution < -0.4 is 15.8 Å². The van der Waals surface area contributed by atoms with E-state index >= 15 is 0 Å². The summed E-state index contributed by atoms with van der Waals surface area (Å²) in [6, 6.07) is 10.9. The number of nitrogens with two attached hydrogens (primary N) is 1. The van der Waals surface area contributed by atoms with Gasteiger partial charge < -0.3 is 15.8 Å². The van der Waals surface area contributed by atoms with E-state index in [-0.39, 0.29) is 12.3 Å². The van der Waals surface area contributed by atoms with Crippen molar-refractivity contribution < 1.29 is 9.53 Å². The number of halogens is 2. The fraction of sp³-hybridized carbons (Fsp3) is 0.133. The molecule has 3 N–H and O–H groups in total. The Morgan fingerprint density at radius 3 is 2.48 bits per heavy atom. The van der Waals surface area contributed by atoms with E-state index in [1.165, 1.54) is 0 Å². The van der Waals surface area contributed by atoms with Crippen LogP contribution in [0.1, 0.15) is 5.56 Å². The maximum atomic E-state index is 12.2. The highest BCUT2D eigenvalue weighted by Crippen LogP contribution is 2.33. The van der Waals surface area contributed by atoms with Crippen LogP contribution in [-0.2, 0) is 11.2 Å². The maximum Gasteiger partial charge on any atom is 0.228 e. The SMILES string of the molecule is COc1ccccc1CC(=O)Nc1c(Br)cc(N)cc1Br. The van der Waals surface area contributed by atoms with Crippen LogP contribution in [0, 0.1) is 0 Å². The number of carbonyl (C=O) groups is 1. The molecule has 0 heterocycles. The highest BCUT2D eigenvalue weighted by molar-refractivity contribution is 9.11. The molecular formula is C15H14Br2N2O2. The summed E-state index contributed by atoms with van der Waals surface area (Å²) in [6.45, 7) is 0. The molecule has 0 aliphatic carbocycles. The number of nitrogen functional groups attached to an aromatic ring is 1. The van der Waals surface area contributed by atoms with Crippen LogP contribution in [-0.4, -0.2) is 13.0 Å². The molecular weight excluding hydrogens is 400 g/mol. The van der Waals surface area contributed by atoms with Crippen LogP contribution in [0.2, 0.25) is 0 Å². The van der Waals surface area contributed by atoms with Gasteiger partial charge in [0.15, 0.2) is 0 Å². The summed E-state index contributed by atoms with van der Waals surface area (Å²) >= 11 is 6.78. The van der Waals surface area contributed by atoms with Gasteiger partial charge in [-0.05, 0) is 50.1 Å². The number of amides is 1. The molecule has 0 aliphatic rings. The number of hydrogen-bond donors (Lipinski definition) is 2. The molecule has 0 unspecified atom stereocenters. The van der Waals surface area contributed by atoms with E-state index in [0.717, 1.165) is 14.5 Å².